The van der Waals surface area contributed by atoms with Gasteiger partial charge in [0.1, 0.15) is 17.6 Å². The first-order valence-electron chi connectivity index (χ1n) is 12.2. The van der Waals surface area contributed by atoms with Crippen LogP contribution in [0.25, 0.3) is 0 Å². The van der Waals surface area contributed by atoms with Crippen LogP contribution in [-0.2, 0) is 24.6 Å². The van der Waals surface area contributed by atoms with Crippen molar-refractivity contribution in [3.05, 3.63) is 53.3 Å². The molecule has 0 amide bonds. The minimum Gasteiger partial charge on any atom is -0.490 e. The van der Waals surface area contributed by atoms with Crippen LogP contribution in [0.2, 0.25) is 0 Å². The zero-order chi connectivity index (χ0) is 23.3. The second kappa shape index (κ2) is 14.2. The van der Waals surface area contributed by atoms with Crippen molar-refractivity contribution >= 4 is 0 Å². The van der Waals surface area contributed by atoms with Crippen LogP contribution < -0.4 is 20.5 Å². The molecule has 0 saturated carbocycles. The largest absolute Gasteiger partial charge is 0.490 e. The minimum atomic E-state index is 0.0718. The molecule has 7 nitrogen and oxygen atoms in total. The Morgan fingerprint density at radius 2 is 1.94 bits per heavy atom. The summed E-state index contributed by atoms with van der Waals surface area (Å²) in [5.41, 5.74) is 8.72. The number of nitrogens with two attached hydrogens (primary N) is 1. The Morgan fingerprint density at radius 1 is 1.15 bits per heavy atom. The summed E-state index contributed by atoms with van der Waals surface area (Å²) in [6.07, 6.45) is 8.80. The molecular weight excluding hydrogens is 418 g/mol. The summed E-state index contributed by atoms with van der Waals surface area (Å²) in [6.45, 7) is 6.31. The van der Waals surface area contributed by atoms with E-state index in [1.165, 1.54) is 18.4 Å². The van der Waals surface area contributed by atoms with E-state index in [9.17, 15) is 0 Å². The Kier molecular flexibility index (Phi) is 10.9. The van der Waals surface area contributed by atoms with E-state index < -0.39 is 0 Å². The lowest BCUT2D eigenvalue weighted by atomic mass is 10.1. The van der Waals surface area contributed by atoms with Gasteiger partial charge in [-0.2, -0.15) is 0 Å². The molecule has 3 heterocycles. The van der Waals surface area contributed by atoms with Crippen molar-refractivity contribution in [1.29, 1.82) is 0 Å². The number of nitrogens with zero attached hydrogens (tertiary/aromatic N) is 1. The molecule has 1 unspecified atom stereocenters. The van der Waals surface area contributed by atoms with Gasteiger partial charge in [-0.15, -0.1) is 0 Å². The van der Waals surface area contributed by atoms with Gasteiger partial charge >= 0.3 is 0 Å². The van der Waals surface area contributed by atoms with Crippen LogP contribution in [0.4, 0.5) is 0 Å². The average molecular weight is 458 g/mol. The predicted molar refractivity (Wildman–Crippen MR) is 129 cm³/mol. The number of rotatable bonds is 10. The second-order valence-corrected chi connectivity index (χ2v) is 8.60. The van der Waals surface area contributed by atoms with Crippen molar-refractivity contribution in [1.82, 2.24) is 10.3 Å². The third-order valence-electron chi connectivity index (χ3n) is 5.90. The molecule has 182 valence electrons. The maximum Gasteiger partial charge on any atom is 0.138 e. The zero-order valence-electron chi connectivity index (χ0n) is 19.8. The Labute approximate surface area is 197 Å². The van der Waals surface area contributed by atoms with Gasteiger partial charge in [0.2, 0.25) is 0 Å². The number of aliphatic hydroxyl groups excluding tert-OH is 1. The normalized spacial score (nSPS) is 16.5. The van der Waals surface area contributed by atoms with Crippen LogP contribution in [0.1, 0.15) is 62.3 Å². The molecule has 2 aromatic rings. The van der Waals surface area contributed by atoms with Crippen molar-refractivity contribution in [3.8, 4) is 11.5 Å². The fourth-order valence-electron chi connectivity index (χ4n) is 3.95. The fourth-order valence-corrected chi connectivity index (χ4v) is 3.95. The van der Waals surface area contributed by atoms with E-state index in [1.807, 2.05) is 30.5 Å². The van der Waals surface area contributed by atoms with Gasteiger partial charge in [-0.3, -0.25) is 4.98 Å². The molecule has 2 aliphatic heterocycles. The second-order valence-electron chi connectivity index (χ2n) is 8.60. The van der Waals surface area contributed by atoms with Gasteiger partial charge in [0.05, 0.1) is 37.8 Å². The smallest absolute Gasteiger partial charge is 0.138 e. The maximum absolute atomic E-state index is 8.95. The van der Waals surface area contributed by atoms with Gasteiger partial charge in [0.15, 0.2) is 0 Å². The lowest BCUT2D eigenvalue weighted by Crippen LogP contribution is -2.34. The van der Waals surface area contributed by atoms with E-state index in [1.54, 1.807) is 0 Å². The van der Waals surface area contributed by atoms with E-state index >= 15 is 0 Å². The molecule has 0 bridgehead atoms. The molecule has 1 fully saturated rings. The van der Waals surface area contributed by atoms with Gasteiger partial charge in [0.25, 0.3) is 0 Å². The molecule has 33 heavy (non-hydrogen) atoms. The highest BCUT2D eigenvalue weighted by Crippen LogP contribution is 2.24. The lowest BCUT2D eigenvalue weighted by Gasteiger charge is -2.23. The Hall–Kier alpha value is -2.19. The van der Waals surface area contributed by atoms with Crippen LogP contribution in [0, 0.1) is 0 Å². The number of hydrogen-bond acceptors (Lipinski definition) is 7. The highest BCUT2D eigenvalue weighted by Gasteiger charge is 2.17. The molecule has 0 radical (unpaired) electrons. The average Bonchev–Trinajstić information content (AvgIpc) is 3.32. The van der Waals surface area contributed by atoms with Gasteiger partial charge < -0.3 is 30.4 Å². The Bertz CT molecular complexity index is 810. The van der Waals surface area contributed by atoms with Crippen LogP contribution in [-0.4, -0.2) is 41.9 Å². The highest BCUT2D eigenvalue weighted by atomic mass is 16.5. The third kappa shape index (κ3) is 8.59. The van der Waals surface area contributed by atoms with Crippen LogP contribution in [0.5, 0.6) is 11.5 Å². The van der Waals surface area contributed by atoms with Gasteiger partial charge in [-0.25, -0.2) is 0 Å². The summed E-state index contributed by atoms with van der Waals surface area (Å²) in [5, 5.41) is 12.3. The third-order valence-corrected chi connectivity index (χ3v) is 5.90. The molecular formula is C26H39N3O4. The number of piperidine rings is 1. The molecule has 0 spiro atoms. The number of pyridine rings is 1. The first-order chi connectivity index (χ1) is 16.2. The van der Waals surface area contributed by atoms with Crippen LogP contribution in [0.15, 0.2) is 36.5 Å². The van der Waals surface area contributed by atoms with E-state index in [2.05, 4.69) is 23.3 Å². The number of aliphatic hydroxyl groups is 1. The summed E-state index contributed by atoms with van der Waals surface area (Å²) in [5.74, 6) is 1.74. The number of hydrogen-bond donors (Lipinski definition) is 3. The van der Waals surface area contributed by atoms with Crippen LogP contribution >= 0.6 is 0 Å². The molecule has 2 aliphatic rings. The maximum atomic E-state index is 8.95. The summed E-state index contributed by atoms with van der Waals surface area (Å²) in [7, 11) is 0. The van der Waals surface area contributed by atoms with Crippen molar-refractivity contribution in [2.75, 3.05) is 19.6 Å². The molecule has 1 aromatic heterocycles. The van der Waals surface area contributed by atoms with Crippen molar-refractivity contribution in [3.63, 3.8) is 0 Å². The topological polar surface area (TPSA) is 98.9 Å². The van der Waals surface area contributed by atoms with Gasteiger partial charge in [-0.1, -0.05) is 31.9 Å². The first-order valence-corrected chi connectivity index (χ1v) is 12.2. The summed E-state index contributed by atoms with van der Waals surface area (Å²) in [6, 6.07) is 9.64. The Balaban J connectivity index is 0.000000186. The monoisotopic (exact) mass is 457 g/mol. The predicted octanol–water partition coefficient (Wildman–Crippen LogP) is 3.71. The van der Waals surface area contributed by atoms with E-state index in [0.717, 1.165) is 61.5 Å². The number of ether oxygens (including phenoxy) is 3. The van der Waals surface area contributed by atoms with E-state index in [0.29, 0.717) is 25.9 Å². The molecule has 4 rings (SSSR count). The molecule has 7 heteroatoms. The van der Waals surface area contributed by atoms with Gasteiger partial charge in [0, 0.05) is 5.56 Å². The number of fused-ring (bicyclic) bond motifs is 1. The SMILES string of the molecule is CCCCC(CCN)Oc1ccc(CO)cc1.c1nc2c(cc1OC1CCNCC1)COC2. The van der Waals surface area contributed by atoms with E-state index in [-0.39, 0.29) is 12.7 Å². The number of benzene rings is 1. The molecule has 0 aliphatic carbocycles. The molecule has 1 saturated heterocycles. The van der Waals surface area contributed by atoms with Crippen molar-refractivity contribution in [2.45, 2.75) is 77.5 Å². The van der Waals surface area contributed by atoms with Crippen molar-refractivity contribution in [2.24, 2.45) is 5.73 Å². The molecule has 4 N–H and O–H groups in total. The van der Waals surface area contributed by atoms with Crippen LogP contribution in [0.3, 0.4) is 0 Å². The highest BCUT2D eigenvalue weighted by molar-refractivity contribution is 5.30. The first kappa shape index (κ1) is 25.4. The van der Waals surface area contributed by atoms with Gasteiger partial charge in [-0.05, 0) is 69.1 Å². The standard InChI is InChI=1S/C14H23NO2.C12H16N2O2/c1-2-3-4-13(9-10-15)17-14-7-5-12(11-16)6-8-14;1-3-13-4-2-10(1)16-11-5-9-7-15-8-12(9)14-6-11/h5-8,13,16H,2-4,9-11,15H2,1H3;5-6,10,13H,1-4,7-8H2. The lowest BCUT2D eigenvalue weighted by molar-refractivity contribution is 0.133. The number of nitrogens with one attached hydrogen (secondary N) is 1. The fraction of sp³-hybridized carbons (Fsp3) is 0.577. The zero-order valence-corrected chi connectivity index (χ0v) is 19.8. The number of unbranched alkanes of at least 4 members (excludes halogenated alkanes) is 1. The summed E-state index contributed by atoms with van der Waals surface area (Å²) < 4.78 is 17.1. The van der Waals surface area contributed by atoms with E-state index in [4.69, 9.17) is 25.1 Å². The van der Waals surface area contributed by atoms with Crippen molar-refractivity contribution < 1.29 is 19.3 Å². The quantitative estimate of drug-likeness (QED) is 0.500. The molecule has 1 atom stereocenters. The Morgan fingerprint density at radius 3 is 2.64 bits per heavy atom. The summed E-state index contributed by atoms with van der Waals surface area (Å²) in [4.78, 5) is 4.36. The minimum absolute atomic E-state index is 0.0718. The molecule has 1 aromatic carbocycles. The summed E-state index contributed by atoms with van der Waals surface area (Å²) >= 11 is 0. The number of aromatic nitrogens is 1.